The van der Waals surface area contributed by atoms with Crippen molar-refractivity contribution in [2.45, 2.75) is 17.3 Å². The summed E-state index contributed by atoms with van der Waals surface area (Å²) in [6.07, 6.45) is 0.907. The van der Waals surface area contributed by atoms with Gasteiger partial charge in [0.05, 0.1) is 0 Å². The van der Waals surface area contributed by atoms with Gasteiger partial charge in [-0.2, -0.15) is 0 Å². The van der Waals surface area contributed by atoms with Gasteiger partial charge >= 0.3 is 0 Å². The molecule has 2 aromatic carbocycles. The monoisotopic (exact) mass is 327 g/mol. The predicted octanol–water partition coefficient (Wildman–Crippen LogP) is 4.54. The first kappa shape index (κ1) is 13.9. The number of halogens is 1. The maximum absolute atomic E-state index is 6.23. The number of hydrogen-bond donors (Lipinski definition) is 1. The van der Waals surface area contributed by atoms with Crippen LogP contribution in [-0.2, 0) is 12.2 Å². The van der Waals surface area contributed by atoms with Crippen molar-refractivity contribution in [2.24, 2.45) is 0 Å². The zero-order valence-electron chi connectivity index (χ0n) is 11.8. The van der Waals surface area contributed by atoms with Crippen molar-refractivity contribution in [1.29, 1.82) is 0 Å². The summed E-state index contributed by atoms with van der Waals surface area (Å²) in [6.45, 7) is 0.891. The van der Waals surface area contributed by atoms with Gasteiger partial charge in [-0.15, -0.1) is 0 Å². The Balaban J connectivity index is 1.55. The summed E-state index contributed by atoms with van der Waals surface area (Å²) in [6, 6.07) is 14.9. The molecule has 0 saturated carbocycles. The molecule has 0 spiro atoms. The van der Waals surface area contributed by atoms with Crippen LogP contribution in [0.25, 0.3) is 10.8 Å². The van der Waals surface area contributed by atoms with Crippen LogP contribution < -0.4 is 5.32 Å². The van der Waals surface area contributed by atoms with Gasteiger partial charge in [-0.25, -0.2) is 9.97 Å². The van der Waals surface area contributed by atoms with E-state index in [-0.39, 0.29) is 0 Å². The lowest BCUT2D eigenvalue weighted by atomic mass is 10.1. The van der Waals surface area contributed by atoms with Gasteiger partial charge in [-0.05, 0) is 22.8 Å². The van der Waals surface area contributed by atoms with E-state index in [1.165, 1.54) is 16.3 Å². The molecule has 3 aromatic rings. The van der Waals surface area contributed by atoms with Crippen LogP contribution in [0, 0.1) is 0 Å². The maximum Gasteiger partial charge on any atom is 0.191 e. The number of rotatable bonds is 3. The van der Waals surface area contributed by atoms with E-state index in [0.29, 0.717) is 5.15 Å². The Morgan fingerprint density at radius 1 is 1.09 bits per heavy atom. The number of hydrogen-bond acceptors (Lipinski definition) is 4. The highest BCUT2D eigenvalue weighted by atomic mass is 35.5. The van der Waals surface area contributed by atoms with Crippen LogP contribution in [0.5, 0.6) is 0 Å². The third-order valence-corrected chi connectivity index (χ3v) is 5.02. The van der Waals surface area contributed by atoms with Crippen molar-refractivity contribution >= 4 is 40.0 Å². The lowest BCUT2D eigenvalue weighted by molar-refractivity contribution is 0.961. The predicted molar refractivity (Wildman–Crippen MR) is 92.7 cm³/mol. The molecule has 1 aliphatic heterocycles. The van der Waals surface area contributed by atoms with E-state index >= 15 is 0 Å². The van der Waals surface area contributed by atoms with E-state index in [1.54, 1.807) is 11.8 Å². The molecule has 0 radical (unpaired) electrons. The third-order valence-electron chi connectivity index (χ3n) is 3.79. The molecule has 1 aromatic heterocycles. The van der Waals surface area contributed by atoms with Crippen molar-refractivity contribution in [2.75, 3.05) is 11.9 Å². The van der Waals surface area contributed by atoms with Gasteiger partial charge < -0.3 is 5.32 Å². The van der Waals surface area contributed by atoms with Crippen molar-refractivity contribution in [3.05, 3.63) is 58.7 Å². The van der Waals surface area contributed by atoms with Crippen LogP contribution in [0.15, 0.2) is 47.6 Å². The summed E-state index contributed by atoms with van der Waals surface area (Å²) in [4.78, 5) is 8.95. The molecule has 0 atom stereocenters. The van der Waals surface area contributed by atoms with Gasteiger partial charge in [0.1, 0.15) is 11.0 Å². The van der Waals surface area contributed by atoms with Gasteiger partial charge in [-0.3, -0.25) is 0 Å². The first-order valence-electron chi connectivity index (χ1n) is 7.20. The summed E-state index contributed by atoms with van der Waals surface area (Å²) >= 11 is 7.85. The average molecular weight is 328 g/mol. The van der Waals surface area contributed by atoms with Gasteiger partial charge in [0.2, 0.25) is 0 Å². The summed E-state index contributed by atoms with van der Waals surface area (Å²) < 4.78 is 0. The second-order valence-electron chi connectivity index (χ2n) is 5.27. The van der Waals surface area contributed by atoms with Crippen LogP contribution >= 0.6 is 23.4 Å². The molecule has 1 N–H and O–H groups in total. The standard InChI is InChI=1S/C17H14ClN3S/c18-15-14-7-8-19-16(14)21-17(20-15)22-10-11-5-6-12-3-1-2-4-13(12)9-11/h1-6,9H,7-8,10H2,(H,19,20,21). The van der Waals surface area contributed by atoms with Crippen LogP contribution in [-0.4, -0.2) is 16.5 Å². The van der Waals surface area contributed by atoms with Crippen molar-refractivity contribution in [3.8, 4) is 0 Å². The lowest BCUT2D eigenvalue weighted by Crippen LogP contribution is -1.96. The van der Waals surface area contributed by atoms with E-state index < -0.39 is 0 Å². The molecule has 0 bridgehead atoms. The minimum absolute atomic E-state index is 0.580. The molecule has 110 valence electrons. The molecule has 0 saturated heterocycles. The highest BCUT2D eigenvalue weighted by molar-refractivity contribution is 7.98. The third kappa shape index (κ3) is 2.64. The van der Waals surface area contributed by atoms with Gasteiger partial charge in [0.15, 0.2) is 5.16 Å². The Labute approximate surface area is 138 Å². The molecule has 3 nitrogen and oxygen atoms in total. The first-order chi connectivity index (χ1) is 10.8. The number of thioether (sulfide) groups is 1. The smallest absolute Gasteiger partial charge is 0.191 e. The maximum atomic E-state index is 6.23. The minimum Gasteiger partial charge on any atom is -0.369 e. The summed E-state index contributed by atoms with van der Waals surface area (Å²) in [7, 11) is 0. The van der Waals surface area contributed by atoms with E-state index in [2.05, 4.69) is 57.7 Å². The fourth-order valence-electron chi connectivity index (χ4n) is 2.65. The van der Waals surface area contributed by atoms with E-state index in [1.807, 2.05) is 0 Å². The van der Waals surface area contributed by atoms with Crippen LogP contribution in [0.3, 0.4) is 0 Å². The summed E-state index contributed by atoms with van der Waals surface area (Å²) in [5, 5.41) is 7.08. The lowest BCUT2D eigenvalue weighted by Gasteiger charge is -2.06. The molecule has 1 aliphatic rings. The topological polar surface area (TPSA) is 37.8 Å². The van der Waals surface area contributed by atoms with Gasteiger partial charge in [-0.1, -0.05) is 65.8 Å². The first-order valence-corrected chi connectivity index (χ1v) is 8.57. The number of aromatic nitrogens is 2. The van der Waals surface area contributed by atoms with Gasteiger partial charge in [0, 0.05) is 17.9 Å². The second-order valence-corrected chi connectivity index (χ2v) is 6.57. The average Bonchev–Trinajstić information content (AvgIpc) is 3.02. The fraction of sp³-hybridized carbons (Fsp3) is 0.176. The molecule has 2 heterocycles. The zero-order valence-corrected chi connectivity index (χ0v) is 13.4. The Morgan fingerprint density at radius 2 is 1.95 bits per heavy atom. The SMILES string of the molecule is Clc1nc(SCc2ccc3ccccc3c2)nc2c1CCN2. The van der Waals surface area contributed by atoms with Crippen LogP contribution in [0.2, 0.25) is 5.15 Å². The molecular weight excluding hydrogens is 314 g/mol. The Morgan fingerprint density at radius 3 is 2.86 bits per heavy atom. The highest BCUT2D eigenvalue weighted by Crippen LogP contribution is 2.30. The molecular formula is C17H14ClN3S. The molecule has 0 aliphatic carbocycles. The van der Waals surface area contributed by atoms with Crippen molar-refractivity contribution in [1.82, 2.24) is 9.97 Å². The number of anilines is 1. The number of nitrogens with one attached hydrogen (secondary N) is 1. The summed E-state index contributed by atoms with van der Waals surface area (Å²) in [5.74, 6) is 1.72. The zero-order chi connectivity index (χ0) is 14.9. The van der Waals surface area contributed by atoms with E-state index in [4.69, 9.17) is 11.6 Å². The van der Waals surface area contributed by atoms with Crippen molar-refractivity contribution in [3.63, 3.8) is 0 Å². The Hall–Kier alpha value is -1.78. The molecule has 0 fully saturated rings. The minimum atomic E-state index is 0.580. The van der Waals surface area contributed by atoms with Gasteiger partial charge in [0.25, 0.3) is 0 Å². The van der Waals surface area contributed by atoms with Crippen LogP contribution in [0.4, 0.5) is 5.82 Å². The van der Waals surface area contributed by atoms with Crippen molar-refractivity contribution < 1.29 is 0 Å². The molecule has 22 heavy (non-hydrogen) atoms. The fourth-order valence-corrected chi connectivity index (χ4v) is 3.75. The molecule has 4 rings (SSSR count). The van der Waals surface area contributed by atoms with Crippen LogP contribution in [0.1, 0.15) is 11.1 Å². The Kier molecular flexibility index (Phi) is 3.64. The number of benzene rings is 2. The quantitative estimate of drug-likeness (QED) is 0.435. The largest absolute Gasteiger partial charge is 0.369 e. The Bertz CT molecular complexity index is 850. The molecule has 0 amide bonds. The normalized spacial score (nSPS) is 13.1. The highest BCUT2D eigenvalue weighted by Gasteiger charge is 2.17. The van der Waals surface area contributed by atoms with E-state index in [0.717, 1.165) is 35.3 Å². The molecule has 5 heteroatoms. The second kappa shape index (κ2) is 5.78. The van der Waals surface area contributed by atoms with E-state index in [9.17, 15) is 0 Å². The summed E-state index contributed by atoms with van der Waals surface area (Å²) in [5.41, 5.74) is 2.30. The number of nitrogens with zero attached hydrogens (tertiary/aromatic N) is 2. The number of fused-ring (bicyclic) bond motifs is 2. The molecule has 0 unspecified atom stereocenters.